The highest BCUT2D eigenvalue weighted by Gasteiger charge is 2.33. The summed E-state index contributed by atoms with van der Waals surface area (Å²) in [6, 6.07) is 22.5. The highest BCUT2D eigenvalue weighted by molar-refractivity contribution is 7.90. The number of halogens is 3. The van der Waals surface area contributed by atoms with E-state index in [0.29, 0.717) is 35.6 Å². The van der Waals surface area contributed by atoms with E-state index in [-0.39, 0.29) is 53.5 Å². The highest BCUT2D eigenvalue weighted by Crippen LogP contribution is 2.39. The molecule has 324 valence electrons. The van der Waals surface area contributed by atoms with Crippen LogP contribution in [0.15, 0.2) is 91.4 Å². The van der Waals surface area contributed by atoms with Gasteiger partial charge in [0.1, 0.15) is 11.9 Å². The molecule has 2 amide bonds. The third kappa shape index (κ3) is 9.05. The number of rotatable bonds is 11. The molecule has 0 saturated carbocycles. The van der Waals surface area contributed by atoms with Crippen molar-refractivity contribution in [2.45, 2.75) is 44.2 Å². The van der Waals surface area contributed by atoms with Gasteiger partial charge in [0.2, 0.25) is 11.8 Å². The van der Waals surface area contributed by atoms with Gasteiger partial charge >= 0.3 is 10.2 Å². The van der Waals surface area contributed by atoms with Crippen molar-refractivity contribution in [3.63, 3.8) is 0 Å². The van der Waals surface area contributed by atoms with Gasteiger partial charge in [0.25, 0.3) is 0 Å². The maximum absolute atomic E-state index is 16.4. The first-order chi connectivity index (χ1) is 30.0. The molecule has 4 aliphatic heterocycles. The van der Waals surface area contributed by atoms with Gasteiger partial charge in [-0.1, -0.05) is 23.7 Å². The number of piperidine rings is 2. The van der Waals surface area contributed by atoms with Crippen molar-refractivity contribution in [3.05, 3.63) is 108 Å². The number of alkyl halides is 1. The van der Waals surface area contributed by atoms with Gasteiger partial charge in [-0.3, -0.25) is 29.5 Å². The first-order valence-corrected chi connectivity index (χ1v) is 23.0. The van der Waals surface area contributed by atoms with Crippen LogP contribution in [0, 0.1) is 11.7 Å². The Morgan fingerprint density at radius 1 is 0.790 bits per heavy atom. The van der Waals surface area contributed by atoms with Crippen LogP contribution in [0.25, 0.3) is 28.1 Å². The summed E-state index contributed by atoms with van der Waals surface area (Å²) in [6.07, 6.45) is 6.92. The zero-order valence-corrected chi connectivity index (χ0v) is 35.7. The molecular formula is C45H48ClF2N9O4S. The molecule has 0 unspecified atom stereocenters. The molecule has 4 aliphatic rings. The number of nitrogens with zero attached hydrogens (tertiary/aromatic N) is 7. The molecule has 13 nitrogen and oxygen atoms in total. The fourth-order valence-corrected chi connectivity index (χ4v) is 10.5. The molecule has 2 N–H and O–H groups in total. The minimum absolute atomic E-state index is 0.00349. The Labute approximate surface area is 364 Å². The van der Waals surface area contributed by atoms with E-state index >= 15 is 4.39 Å². The number of carbonyl (C=O) groups is 2. The number of piperazine rings is 1. The van der Waals surface area contributed by atoms with Crippen molar-refractivity contribution >= 4 is 50.7 Å². The third-order valence-electron chi connectivity index (χ3n) is 12.6. The number of pyridine rings is 1. The predicted octanol–water partition coefficient (Wildman–Crippen LogP) is 6.65. The maximum atomic E-state index is 16.4. The molecule has 0 bridgehead atoms. The van der Waals surface area contributed by atoms with E-state index in [2.05, 4.69) is 54.0 Å². The van der Waals surface area contributed by atoms with Gasteiger partial charge in [0.05, 0.1) is 17.3 Å². The Hall–Kier alpha value is -5.42. The second-order valence-electron chi connectivity index (χ2n) is 16.6. The van der Waals surface area contributed by atoms with Gasteiger partial charge in [0, 0.05) is 117 Å². The zero-order chi connectivity index (χ0) is 43.0. The summed E-state index contributed by atoms with van der Waals surface area (Å²) >= 11 is 6.47. The number of aromatic nitrogens is 3. The quantitative estimate of drug-likeness (QED) is 0.140. The van der Waals surface area contributed by atoms with Crippen molar-refractivity contribution in [1.82, 2.24) is 29.3 Å². The second-order valence-corrected chi connectivity index (χ2v) is 18.7. The third-order valence-corrected chi connectivity index (χ3v) is 14.3. The fourth-order valence-electron chi connectivity index (χ4n) is 9.07. The topological polar surface area (TPSA) is 136 Å². The number of benzene rings is 3. The summed E-state index contributed by atoms with van der Waals surface area (Å²) < 4.78 is 61.3. The van der Waals surface area contributed by atoms with Crippen LogP contribution < -0.4 is 19.8 Å². The largest absolute Gasteiger partial charge is 0.372 e. The molecule has 0 aliphatic carbocycles. The summed E-state index contributed by atoms with van der Waals surface area (Å²) in [5.41, 5.74) is 5.22. The molecule has 2 atom stereocenters. The Kier molecular flexibility index (Phi) is 12.0. The zero-order valence-electron chi connectivity index (χ0n) is 34.1. The average molecular weight is 884 g/mol. The summed E-state index contributed by atoms with van der Waals surface area (Å²) in [5, 5.41) is 7.44. The number of hydrogen-bond acceptors (Lipinski definition) is 9. The van der Waals surface area contributed by atoms with Gasteiger partial charge < -0.3 is 9.80 Å². The molecule has 17 heteroatoms. The molecule has 5 aromatic rings. The van der Waals surface area contributed by atoms with Crippen molar-refractivity contribution in [2.75, 3.05) is 73.4 Å². The fraction of sp³-hybridized carbons (Fsp3) is 0.378. The average Bonchev–Trinajstić information content (AvgIpc) is 3.94. The van der Waals surface area contributed by atoms with Crippen molar-refractivity contribution in [1.29, 1.82) is 0 Å². The van der Waals surface area contributed by atoms with Crippen LogP contribution in [0.3, 0.4) is 0 Å². The van der Waals surface area contributed by atoms with E-state index in [1.807, 2.05) is 24.3 Å². The smallest absolute Gasteiger partial charge is 0.301 e. The molecular weight excluding hydrogens is 836 g/mol. The lowest BCUT2D eigenvalue weighted by Gasteiger charge is -2.40. The molecule has 4 saturated heterocycles. The SMILES string of the molecule is O=C1CC[C@H](c2ccc(N3CCC(CN4CCN(c5ccc(-n6cc(-c7cc(Cl)cc(NS(=O)(=O)N8CC[C@@H](F)C8)c7F)c(-c7ccncc7)n6)cc5)CC4)CC3)cc2)C(=O)N1. The van der Waals surface area contributed by atoms with Crippen LogP contribution in [0.2, 0.25) is 5.02 Å². The van der Waals surface area contributed by atoms with E-state index in [4.69, 9.17) is 16.7 Å². The Balaban J connectivity index is 0.825. The number of hydrogen-bond donors (Lipinski definition) is 2. The first kappa shape index (κ1) is 41.9. The van der Waals surface area contributed by atoms with E-state index in [1.54, 1.807) is 35.4 Å². The van der Waals surface area contributed by atoms with Crippen molar-refractivity contribution < 1.29 is 26.8 Å². The van der Waals surface area contributed by atoms with Crippen LogP contribution >= 0.6 is 11.6 Å². The molecule has 6 heterocycles. The molecule has 9 rings (SSSR count). The van der Waals surface area contributed by atoms with Gasteiger partial charge in [-0.25, -0.2) is 13.5 Å². The van der Waals surface area contributed by atoms with Crippen molar-refractivity contribution in [2.24, 2.45) is 5.92 Å². The summed E-state index contributed by atoms with van der Waals surface area (Å²) in [6.45, 7) is 6.52. The Morgan fingerprint density at radius 2 is 1.45 bits per heavy atom. The van der Waals surface area contributed by atoms with Crippen molar-refractivity contribution in [3.8, 4) is 28.1 Å². The van der Waals surface area contributed by atoms with Gasteiger partial charge in [-0.2, -0.15) is 17.8 Å². The molecule has 0 spiro atoms. The molecule has 62 heavy (non-hydrogen) atoms. The monoisotopic (exact) mass is 883 g/mol. The summed E-state index contributed by atoms with van der Waals surface area (Å²) in [5.74, 6) is -0.869. The Morgan fingerprint density at radius 3 is 2.11 bits per heavy atom. The second kappa shape index (κ2) is 17.8. The Bertz CT molecular complexity index is 2530. The van der Waals surface area contributed by atoms with E-state index in [9.17, 15) is 22.4 Å². The number of anilines is 3. The number of carbonyl (C=O) groups excluding carboxylic acids is 2. The van der Waals surface area contributed by atoms with E-state index in [0.717, 1.165) is 79.9 Å². The lowest BCUT2D eigenvalue weighted by atomic mass is 9.90. The maximum Gasteiger partial charge on any atom is 0.301 e. The standard InChI is InChI=1S/C45H48ClF2N9O4S/c46-33-25-39(43(48)41(26-33)52-62(60,61)56-20-15-34(47)28-56)40-29-57(51-44(40)32-11-16-49-17-12-32)37-7-5-36(6-8-37)55-23-21-53(22-24-55)27-30-13-18-54(19-14-30)35-3-1-31(2-4-35)38-9-10-42(58)50-45(38)59/h1-8,11-12,16-17,25-26,29-30,34,38,52H,9-10,13-15,18-24,27-28H2,(H,50,58,59)/t34-,38-/m1/s1. The van der Waals surface area contributed by atoms with E-state index < -0.39 is 22.2 Å². The number of imide groups is 1. The lowest BCUT2D eigenvalue weighted by Crippen LogP contribution is -2.49. The van der Waals surface area contributed by atoms with Crippen LogP contribution in [0.1, 0.15) is 43.6 Å². The first-order valence-electron chi connectivity index (χ1n) is 21.2. The van der Waals surface area contributed by atoms with Gasteiger partial charge in [-0.05, 0) is 97.8 Å². The molecule has 4 fully saturated rings. The highest BCUT2D eigenvalue weighted by atomic mass is 35.5. The van der Waals surface area contributed by atoms with E-state index in [1.165, 1.54) is 17.8 Å². The van der Waals surface area contributed by atoms with Crippen LogP contribution in [0.5, 0.6) is 0 Å². The summed E-state index contributed by atoms with van der Waals surface area (Å²) in [7, 11) is -4.23. The summed E-state index contributed by atoms with van der Waals surface area (Å²) in [4.78, 5) is 35.4. The van der Waals surface area contributed by atoms with Crippen LogP contribution in [-0.4, -0.2) is 109 Å². The predicted molar refractivity (Wildman–Crippen MR) is 236 cm³/mol. The molecule has 0 radical (unpaired) electrons. The molecule has 2 aromatic heterocycles. The van der Waals surface area contributed by atoms with Gasteiger partial charge in [0.15, 0.2) is 5.82 Å². The number of nitrogens with one attached hydrogen (secondary N) is 2. The molecule has 3 aromatic carbocycles. The normalized spacial score (nSPS) is 20.8. The minimum atomic E-state index is -4.23. The number of amides is 2. The van der Waals surface area contributed by atoms with Gasteiger partial charge in [-0.15, -0.1) is 0 Å². The van der Waals surface area contributed by atoms with Crippen LogP contribution in [-0.2, 0) is 19.8 Å². The van der Waals surface area contributed by atoms with Crippen LogP contribution in [0.4, 0.5) is 25.8 Å². The minimum Gasteiger partial charge on any atom is -0.372 e. The lowest BCUT2D eigenvalue weighted by molar-refractivity contribution is -0.134.